The van der Waals surface area contributed by atoms with E-state index in [1.54, 1.807) is 51.4 Å². The van der Waals surface area contributed by atoms with E-state index >= 15 is 0 Å². The number of aliphatic hydroxyl groups excluding tert-OH is 1. The smallest absolute Gasteiger partial charge is 0.410 e. The molecule has 1 aliphatic carbocycles. The van der Waals surface area contributed by atoms with Crippen LogP contribution in [-0.4, -0.2) is 60.8 Å². The molecule has 3 rings (SSSR count). The number of amides is 1. The van der Waals surface area contributed by atoms with Crippen molar-refractivity contribution in [3.63, 3.8) is 0 Å². The SMILES string of the molecule is CC(C)(C)OC(=O)N(CCCO)CC(NS(=O)(=O)c1cccc2cnccc12)C1CC1. The number of hydrogen-bond donors (Lipinski definition) is 2. The van der Waals surface area contributed by atoms with Crippen LogP contribution < -0.4 is 4.72 Å². The first-order valence-electron chi connectivity index (χ1n) is 10.5. The van der Waals surface area contributed by atoms with Crippen molar-refractivity contribution in [1.29, 1.82) is 0 Å². The molecule has 1 fully saturated rings. The molecule has 0 aliphatic heterocycles. The predicted octanol–water partition coefficient (Wildman–Crippen LogP) is 2.91. The van der Waals surface area contributed by atoms with Gasteiger partial charge < -0.3 is 14.7 Å². The Hall–Kier alpha value is -2.23. The summed E-state index contributed by atoms with van der Waals surface area (Å²) < 4.78 is 34.9. The van der Waals surface area contributed by atoms with E-state index in [0.29, 0.717) is 11.8 Å². The zero-order chi connectivity index (χ0) is 22.6. The van der Waals surface area contributed by atoms with Gasteiger partial charge in [0.2, 0.25) is 10.0 Å². The Morgan fingerprint density at radius 2 is 2.06 bits per heavy atom. The molecule has 1 atom stereocenters. The zero-order valence-electron chi connectivity index (χ0n) is 18.2. The Bertz CT molecular complexity index is 1010. The summed E-state index contributed by atoms with van der Waals surface area (Å²) >= 11 is 0. The third-order valence-corrected chi connectivity index (χ3v) is 6.63. The molecule has 1 aromatic carbocycles. The van der Waals surface area contributed by atoms with E-state index < -0.39 is 27.8 Å². The van der Waals surface area contributed by atoms with Gasteiger partial charge in [-0.25, -0.2) is 17.9 Å². The highest BCUT2D eigenvalue weighted by Crippen LogP contribution is 2.34. The summed E-state index contributed by atoms with van der Waals surface area (Å²) in [5.74, 6) is 0.158. The van der Waals surface area contributed by atoms with Crippen molar-refractivity contribution in [3.8, 4) is 0 Å². The zero-order valence-corrected chi connectivity index (χ0v) is 19.1. The van der Waals surface area contributed by atoms with Crippen molar-refractivity contribution in [2.75, 3.05) is 19.7 Å². The van der Waals surface area contributed by atoms with Crippen molar-refractivity contribution < 1.29 is 23.1 Å². The van der Waals surface area contributed by atoms with Crippen LogP contribution in [0.3, 0.4) is 0 Å². The molecule has 8 nitrogen and oxygen atoms in total. The second-order valence-corrected chi connectivity index (χ2v) is 10.6. The summed E-state index contributed by atoms with van der Waals surface area (Å²) in [6.45, 7) is 5.76. The van der Waals surface area contributed by atoms with Gasteiger partial charge in [-0.2, -0.15) is 0 Å². The highest BCUT2D eigenvalue weighted by atomic mass is 32.2. The number of nitrogens with one attached hydrogen (secondary N) is 1. The number of rotatable bonds is 9. The van der Waals surface area contributed by atoms with E-state index in [-0.39, 0.29) is 30.5 Å². The number of benzene rings is 1. The van der Waals surface area contributed by atoms with Gasteiger partial charge in [0.15, 0.2) is 0 Å². The summed E-state index contributed by atoms with van der Waals surface area (Å²) in [7, 11) is -3.82. The van der Waals surface area contributed by atoms with Gasteiger partial charge in [-0.15, -0.1) is 0 Å². The molecule has 1 unspecified atom stereocenters. The number of sulfonamides is 1. The lowest BCUT2D eigenvalue weighted by molar-refractivity contribution is 0.0222. The van der Waals surface area contributed by atoms with Gasteiger partial charge in [-0.05, 0) is 58.1 Å². The molecular weight excluding hydrogens is 418 g/mol. The number of ether oxygens (including phenoxy) is 1. The van der Waals surface area contributed by atoms with Crippen LogP contribution in [0.1, 0.15) is 40.0 Å². The predicted molar refractivity (Wildman–Crippen MR) is 118 cm³/mol. The molecular formula is C22H31N3O5S. The lowest BCUT2D eigenvalue weighted by Gasteiger charge is -2.30. The molecule has 2 N–H and O–H groups in total. The highest BCUT2D eigenvalue weighted by molar-refractivity contribution is 7.89. The van der Waals surface area contributed by atoms with Crippen LogP contribution in [0.5, 0.6) is 0 Å². The summed E-state index contributed by atoms with van der Waals surface area (Å²) in [6, 6.07) is 6.34. The van der Waals surface area contributed by atoms with Crippen molar-refractivity contribution in [1.82, 2.24) is 14.6 Å². The fourth-order valence-corrected chi connectivity index (χ4v) is 4.98. The topological polar surface area (TPSA) is 109 Å². The lowest BCUT2D eigenvalue weighted by Crippen LogP contribution is -2.48. The number of aromatic nitrogens is 1. The molecule has 2 aromatic rings. The Balaban J connectivity index is 1.83. The van der Waals surface area contributed by atoms with E-state index in [9.17, 15) is 18.3 Å². The lowest BCUT2D eigenvalue weighted by atomic mass is 10.2. The first-order valence-corrected chi connectivity index (χ1v) is 12.0. The molecule has 1 saturated carbocycles. The number of carbonyl (C=O) groups is 1. The summed E-state index contributed by atoms with van der Waals surface area (Å²) in [4.78, 5) is 18.4. The van der Waals surface area contributed by atoms with E-state index in [1.165, 1.54) is 4.90 Å². The number of fused-ring (bicyclic) bond motifs is 1. The van der Waals surface area contributed by atoms with Crippen LogP contribution >= 0.6 is 0 Å². The molecule has 1 amide bonds. The fraction of sp³-hybridized carbons (Fsp3) is 0.545. The van der Waals surface area contributed by atoms with E-state index in [4.69, 9.17) is 4.74 Å². The maximum atomic E-state index is 13.3. The van der Waals surface area contributed by atoms with Crippen LogP contribution in [0.2, 0.25) is 0 Å². The average molecular weight is 450 g/mol. The molecule has 0 saturated heterocycles. The Kier molecular flexibility index (Phi) is 7.18. The average Bonchev–Trinajstić information content (AvgIpc) is 3.53. The van der Waals surface area contributed by atoms with Crippen molar-refractivity contribution >= 4 is 26.9 Å². The second-order valence-electron chi connectivity index (χ2n) is 8.92. The van der Waals surface area contributed by atoms with Gasteiger partial charge in [-0.3, -0.25) is 4.98 Å². The molecule has 1 heterocycles. The fourth-order valence-electron chi connectivity index (χ4n) is 3.45. The number of pyridine rings is 1. The molecule has 9 heteroatoms. The number of aliphatic hydroxyl groups is 1. The highest BCUT2D eigenvalue weighted by Gasteiger charge is 2.37. The van der Waals surface area contributed by atoms with Crippen molar-refractivity contribution in [2.24, 2.45) is 5.92 Å². The molecule has 170 valence electrons. The Morgan fingerprint density at radius 1 is 1.32 bits per heavy atom. The monoisotopic (exact) mass is 449 g/mol. The van der Waals surface area contributed by atoms with Crippen LogP contribution in [0.15, 0.2) is 41.6 Å². The number of nitrogens with zero attached hydrogens (tertiary/aromatic N) is 2. The largest absolute Gasteiger partial charge is 0.444 e. The molecule has 0 spiro atoms. The van der Waals surface area contributed by atoms with Crippen molar-refractivity contribution in [3.05, 3.63) is 36.7 Å². The second kappa shape index (κ2) is 9.50. The molecule has 0 bridgehead atoms. The van der Waals surface area contributed by atoms with E-state index in [1.807, 2.05) is 6.07 Å². The third kappa shape index (κ3) is 6.38. The first kappa shape index (κ1) is 23.4. The Labute approximate surface area is 183 Å². The molecule has 0 radical (unpaired) electrons. The standard InChI is InChI=1S/C22H31N3O5S/c1-22(2,3)30-21(27)25(12-5-13-26)15-19(16-8-9-16)24-31(28,29)20-7-4-6-17-14-23-11-10-18(17)20/h4,6-7,10-11,14,16,19,24,26H,5,8-9,12-13,15H2,1-3H3. The summed E-state index contributed by atoms with van der Waals surface area (Å²) in [6.07, 6.45) is 4.87. The van der Waals surface area contributed by atoms with Gasteiger partial charge in [0, 0.05) is 48.9 Å². The summed E-state index contributed by atoms with van der Waals surface area (Å²) in [5, 5.41) is 10.6. The minimum Gasteiger partial charge on any atom is -0.444 e. The van der Waals surface area contributed by atoms with Crippen LogP contribution in [0.25, 0.3) is 10.8 Å². The number of carbonyl (C=O) groups excluding carboxylic acids is 1. The minimum absolute atomic E-state index is 0.0663. The van der Waals surface area contributed by atoms with Gasteiger partial charge in [0.1, 0.15) is 5.60 Å². The summed E-state index contributed by atoms with van der Waals surface area (Å²) in [5.41, 5.74) is -0.667. The van der Waals surface area contributed by atoms with Crippen LogP contribution in [0, 0.1) is 5.92 Å². The van der Waals surface area contributed by atoms with Gasteiger partial charge >= 0.3 is 6.09 Å². The van der Waals surface area contributed by atoms with Crippen molar-refractivity contribution in [2.45, 2.75) is 56.6 Å². The van der Waals surface area contributed by atoms with Gasteiger partial charge in [-0.1, -0.05) is 12.1 Å². The van der Waals surface area contributed by atoms with E-state index in [2.05, 4.69) is 9.71 Å². The molecule has 1 aromatic heterocycles. The van der Waals surface area contributed by atoms with Gasteiger partial charge in [0.25, 0.3) is 0 Å². The van der Waals surface area contributed by atoms with E-state index in [0.717, 1.165) is 18.2 Å². The maximum Gasteiger partial charge on any atom is 0.410 e. The van der Waals surface area contributed by atoms with Crippen LogP contribution in [-0.2, 0) is 14.8 Å². The molecule has 31 heavy (non-hydrogen) atoms. The quantitative estimate of drug-likeness (QED) is 0.609. The normalized spacial score (nSPS) is 15.6. The minimum atomic E-state index is -3.82. The molecule has 1 aliphatic rings. The Morgan fingerprint density at radius 3 is 2.71 bits per heavy atom. The maximum absolute atomic E-state index is 13.3. The van der Waals surface area contributed by atoms with Gasteiger partial charge in [0.05, 0.1) is 4.90 Å². The first-order chi connectivity index (χ1) is 14.6. The third-order valence-electron chi connectivity index (χ3n) is 5.08. The van der Waals surface area contributed by atoms with Crippen LogP contribution in [0.4, 0.5) is 4.79 Å². The number of hydrogen-bond acceptors (Lipinski definition) is 6.